The Hall–Kier alpha value is -1.93. The first-order valence-electron chi connectivity index (χ1n) is 5.04. The van der Waals surface area contributed by atoms with Crippen molar-refractivity contribution >= 4 is 33.1 Å². The fourth-order valence-corrected chi connectivity index (χ4v) is 2.39. The Morgan fingerprint density at radius 1 is 1.28 bits per heavy atom. The minimum Gasteiger partial charge on any atom is -0.395 e. The molecule has 96 valence electrons. The van der Waals surface area contributed by atoms with Crippen LogP contribution in [0, 0.1) is 0 Å². The fourth-order valence-electron chi connectivity index (χ4n) is 1.56. The summed E-state index contributed by atoms with van der Waals surface area (Å²) in [6, 6.07) is 4.14. The highest BCUT2D eigenvalue weighted by Crippen LogP contribution is 2.26. The van der Waals surface area contributed by atoms with Crippen LogP contribution in [0.15, 0.2) is 18.2 Å². The number of sulfonamides is 1. The molecule has 0 aliphatic carbocycles. The SMILES string of the molecule is O=C1Nc2ccc(NS(=O)(=O)CCO)cc2C1=O. The molecule has 0 saturated carbocycles. The summed E-state index contributed by atoms with van der Waals surface area (Å²) < 4.78 is 25.0. The van der Waals surface area contributed by atoms with Crippen LogP contribution in [0.25, 0.3) is 0 Å². The number of carbonyl (C=O) groups excluding carboxylic acids is 2. The number of benzene rings is 1. The molecular formula is C10H10N2O5S. The lowest BCUT2D eigenvalue weighted by molar-refractivity contribution is -0.112. The Kier molecular flexibility index (Phi) is 3.05. The van der Waals surface area contributed by atoms with Crippen molar-refractivity contribution < 1.29 is 23.1 Å². The van der Waals surface area contributed by atoms with E-state index < -0.39 is 34.1 Å². The molecule has 2 rings (SSSR count). The van der Waals surface area contributed by atoms with E-state index >= 15 is 0 Å². The van der Waals surface area contributed by atoms with Crippen molar-refractivity contribution in [3.8, 4) is 0 Å². The van der Waals surface area contributed by atoms with E-state index in [1.807, 2.05) is 0 Å². The van der Waals surface area contributed by atoms with E-state index in [0.29, 0.717) is 5.69 Å². The Morgan fingerprint density at radius 3 is 2.67 bits per heavy atom. The summed E-state index contributed by atoms with van der Waals surface area (Å²) in [6.07, 6.45) is 0. The van der Waals surface area contributed by atoms with Crippen molar-refractivity contribution in [1.29, 1.82) is 0 Å². The van der Waals surface area contributed by atoms with E-state index in [1.54, 1.807) is 0 Å². The van der Waals surface area contributed by atoms with Gasteiger partial charge in [-0.15, -0.1) is 0 Å². The molecule has 0 aromatic heterocycles. The molecule has 0 atom stereocenters. The molecule has 1 aliphatic rings. The summed E-state index contributed by atoms with van der Waals surface area (Å²) in [5.41, 5.74) is 0.659. The van der Waals surface area contributed by atoms with Crippen LogP contribution < -0.4 is 10.0 Å². The highest BCUT2D eigenvalue weighted by atomic mass is 32.2. The number of anilines is 2. The largest absolute Gasteiger partial charge is 0.395 e. The quantitative estimate of drug-likeness (QED) is 0.642. The highest BCUT2D eigenvalue weighted by Gasteiger charge is 2.28. The van der Waals surface area contributed by atoms with Gasteiger partial charge in [-0.2, -0.15) is 0 Å². The van der Waals surface area contributed by atoms with Crippen LogP contribution in [0.1, 0.15) is 10.4 Å². The molecule has 0 fully saturated rings. The number of Topliss-reactive ketones (excluding diaryl/α,β-unsaturated/α-hetero) is 1. The summed E-state index contributed by atoms with van der Waals surface area (Å²) in [5, 5.41) is 10.9. The molecule has 0 radical (unpaired) electrons. The summed E-state index contributed by atoms with van der Waals surface area (Å²) in [4.78, 5) is 22.5. The summed E-state index contributed by atoms with van der Waals surface area (Å²) in [6.45, 7) is -0.501. The third-order valence-corrected chi connectivity index (χ3v) is 3.62. The third-order valence-electron chi connectivity index (χ3n) is 2.35. The monoisotopic (exact) mass is 270 g/mol. The molecule has 1 aromatic rings. The van der Waals surface area contributed by atoms with Crippen molar-refractivity contribution in [1.82, 2.24) is 0 Å². The van der Waals surface area contributed by atoms with Crippen LogP contribution >= 0.6 is 0 Å². The molecule has 0 spiro atoms. The lowest BCUT2D eigenvalue weighted by atomic mass is 10.1. The number of aliphatic hydroxyl groups is 1. The number of nitrogens with one attached hydrogen (secondary N) is 2. The van der Waals surface area contributed by atoms with E-state index in [4.69, 9.17) is 5.11 Å². The number of carbonyl (C=O) groups is 2. The van der Waals surface area contributed by atoms with E-state index in [0.717, 1.165) is 0 Å². The van der Waals surface area contributed by atoms with Crippen LogP contribution in [-0.2, 0) is 14.8 Å². The minimum atomic E-state index is -3.65. The zero-order chi connectivity index (χ0) is 13.3. The molecule has 7 nitrogen and oxygen atoms in total. The predicted molar refractivity (Wildman–Crippen MR) is 63.9 cm³/mol. The van der Waals surface area contributed by atoms with Gasteiger partial charge in [0, 0.05) is 5.69 Å². The molecule has 1 aromatic carbocycles. The molecule has 3 N–H and O–H groups in total. The second kappa shape index (κ2) is 4.39. The molecule has 0 saturated heterocycles. The van der Waals surface area contributed by atoms with Crippen LogP contribution in [0.2, 0.25) is 0 Å². The fraction of sp³-hybridized carbons (Fsp3) is 0.200. The normalized spacial score (nSPS) is 14.3. The van der Waals surface area contributed by atoms with E-state index in [9.17, 15) is 18.0 Å². The van der Waals surface area contributed by atoms with Crippen LogP contribution in [0.5, 0.6) is 0 Å². The van der Waals surface area contributed by atoms with E-state index in [2.05, 4.69) is 10.0 Å². The third kappa shape index (κ3) is 2.34. The molecule has 1 aliphatic heterocycles. The average Bonchev–Trinajstić information content (AvgIpc) is 2.55. The molecule has 1 heterocycles. The maximum absolute atomic E-state index is 11.4. The van der Waals surface area contributed by atoms with Crippen molar-refractivity contribution in [2.45, 2.75) is 0 Å². The summed E-state index contributed by atoms with van der Waals surface area (Å²) >= 11 is 0. The second-order valence-corrected chi connectivity index (χ2v) is 5.53. The number of hydrogen-bond acceptors (Lipinski definition) is 5. The standard InChI is InChI=1S/C10H10N2O5S/c13-3-4-18(16,17)12-6-1-2-8-7(5-6)9(14)10(15)11-8/h1-2,5,12-13H,3-4H2,(H,11,14,15). The Bertz CT molecular complexity index is 623. The van der Waals surface area contributed by atoms with Gasteiger partial charge in [-0.1, -0.05) is 0 Å². The first-order valence-corrected chi connectivity index (χ1v) is 6.69. The average molecular weight is 270 g/mol. The van der Waals surface area contributed by atoms with Crippen LogP contribution in [0.4, 0.5) is 11.4 Å². The summed E-state index contributed by atoms with van der Waals surface area (Å²) in [7, 11) is -3.65. The number of fused-ring (bicyclic) bond motifs is 1. The second-order valence-electron chi connectivity index (χ2n) is 3.69. The predicted octanol–water partition coefficient (Wildman–Crippen LogP) is -0.445. The van der Waals surface area contributed by atoms with Crippen LogP contribution in [-0.4, -0.2) is 37.6 Å². The van der Waals surface area contributed by atoms with Gasteiger partial charge in [0.2, 0.25) is 10.0 Å². The molecule has 0 bridgehead atoms. The first kappa shape index (κ1) is 12.5. The van der Waals surface area contributed by atoms with E-state index in [1.165, 1.54) is 18.2 Å². The topological polar surface area (TPSA) is 113 Å². The summed E-state index contributed by atoms with van der Waals surface area (Å²) in [5.74, 6) is -1.87. The van der Waals surface area contributed by atoms with Gasteiger partial charge < -0.3 is 10.4 Å². The minimum absolute atomic E-state index is 0.129. The first-order chi connectivity index (χ1) is 8.43. The number of rotatable bonds is 4. The number of hydrogen-bond donors (Lipinski definition) is 3. The lowest BCUT2D eigenvalue weighted by Crippen LogP contribution is -2.19. The van der Waals surface area contributed by atoms with Gasteiger partial charge in [0.25, 0.3) is 11.7 Å². The maximum atomic E-state index is 11.4. The van der Waals surface area contributed by atoms with Gasteiger partial charge in [0.05, 0.1) is 23.6 Å². The molecule has 0 unspecified atom stereocenters. The maximum Gasteiger partial charge on any atom is 0.296 e. The Labute approximate surface area is 103 Å². The van der Waals surface area contributed by atoms with Crippen molar-refractivity contribution in [2.75, 3.05) is 22.4 Å². The van der Waals surface area contributed by atoms with Crippen molar-refractivity contribution in [2.24, 2.45) is 0 Å². The van der Waals surface area contributed by atoms with Crippen molar-refractivity contribution in [3.63, 3.8) is 0 Å². The molecule has 1 amide bonds. The van der Waals surface area contributed by atoms with Gasteiger partial charge in [-0.25, -0.2) is 8.42 Å². The molecular weight excluding hydrogens is 260 g/mol. The van der Waals surface area contributed by atoms with E-state index in [-0.39, 0.29) is 11.3 Å². The Balaban J connectivity index is 2.29. The number of aliphatic hydroxyl groups excluding tert-OH is 1. The molecule has 18 heavy (non-hydrogen) atoms. The van der Waals surface area contributed by atoms with Gasteiger partial charge in [-0.05, 0) is 18.2 Å². The van der Waals surface area contributed by atoms with Crippen molar-refractivity contribution in [3.05, 3.63) is 23.8 Å². The number of ketones is 1. The number of amides is 1. The van der Waals surface area contributed by atoms with Gasteiger partial charge in [-0.3, -0.25) is 14.3 Å². The lowest BCUT2D eigenvalue weighted by Gasteiger charge is -2.07. The smallest absolute Gasteiger partial charge is 0.296 e. The van der Waals surface area contributed by atoms with Crippen LogP contribution in [0.3, 0.4) is 0 Å². The Morgan fingerprint density at radius 2 is 2.00 bits per heavy atom. The zero-order valence-corrected chi connectivity index (χ0v) is 9.95. The van der Waals surface area contributed by atoms with Gasteiger partial charge >= 0.3 is 0 Å². The van der Waals surface area contributed by atoms with Gasteiger partial charge in [0.1, 0.15) is 0 Å². The molecule has 8 heteroatoms. The highest BCUT2D eigenvalue weighted by molar-refractivity contribution is 7.92. The van der Waals surface area contributed by atoms with Gasteiger partial charge in [0.15, 0.2) is 0 Å². The zero-order valence-electron chi connectivity index (χ0n) is 9.13.